The molecule has 0 bridgehead atoms. The zero-order chi connectivity index (χ0) is 11.6. The molecular formula is C11H18N2OS. The molecule has 0 amide bonds. The largest absolute Gasteiger partial charge is 0.399 e. The number of nitrogens with two attached hydrogens (primary N) is 2. The average molecular weight is 226 g/mol. The Morgan fingerprint density at radius 2 is 1.87 bits per heavy atom. The van der Waals surface area contributed by atoms with Gasteiger partial charge in [0.25, 0.3) is 0 Å². The van der Waals surface area contributed by atoms with Crippen molar-refractivity contribution < 1.29 is 4.55 Å². The van der Waals surface area contributed by atoms with Crippen molar-refractivity contribution in [1.82, 2.24) is 0 Å². The monoisotopic (exact) mass is 226 g/mol. The molecule has 0 saturated heterocycles. The van der Waals surface area contributed by atoms with Crippen LogP contribution in [0.5, 0.6) is 0 Å². The number of anilines is 2. The summed E-state index contributed by atoms with van der Waals surface area (Å²) in [5.74, 6) is 0. The van der Waals surface area contributed by atoms with Gasteiger partial charge in [-0.05, 0) is 38.3 Å². The molecule has 3 nitrogen and oxygen atoms in total. The molecule has 1 unspecified atom stereocenters. The van der Waals surface area contributed by atoms with Gasteiger partial charge >= 0.3 is 0 Å². The van der Waals surface area contributed by atoms with E-state index in [9.17, 15) is 4.55 Å². The summed E-state index contributed by atoms with van der Waals surface area (Å²) in [4.78, 5) is 0. The van der Waals surface area contributed by atoms with Crippen LogP contribution in [0, 0.1) is 0 Å². The molecule has 0 aliphatic rings. The van der Waals surface area contributed by atoms with E-state index < -0.39 is 10.8 Å². The zero-order valence-corrected chi connectivity index (χ0v) is 10.1. The van der Waals surface area contributed by atoms with Crippen LogP contribution >= 0.6 is 10.8 Å². The lowest BCUT2D eigenvalue weighted by Gasteiger charge is -2.19. The summed E-state index contributed by atoms with van der Waals surface area (Å²) in [7, 11) is -0.801. The molecule has 5 N–H and O–H groups in total. The second kappa shape index (κ2) is 4.24. The Morgan fingerprint density at radius 3 is 2.33 bits per heavy atom. The van der Waals surface area contributed by atoms with Crippen LogP contribution in [0.2, 0.25) is 0 Å². The number of benzene rings is 1. The minimum Gasteiger partial charge on any atom is -0.399 e. The van der Waals surface area contributed by atoms with E-state index in [1.54, 1.807) is 17.5 Å². The molecule has 0 fully saturated rings. The highest BCUT2D eigenvalue weighted by atomic mass is 32.2. The molecule has 0 radical (unpaired) electrons. The Hall–Kier alpha value is -1.00. The van der Waals surface area contributed by atoms with Crippen molar-refractivity contribution in [3.05, 3.63) is 23.8 Å². The van der Waals surface area contributed by atoms with Gasteiger partial charge in [0, 0.05) is 21.7 Å². The Balaban J connectivity index is 3.09. The average Bonchev–Trinajstić information content (AvgIpc) is 2.08. The number of nitrogen functional groups attached to an aromatic ring is 2. The molecule has 4 heteroatoms. The molecule has 0 heterocycles. The molecule has 15 heavy (non-hydrogen) atoms. The van der Waals surface area contributed by atoms with Crippen LogP contribution in [-0.2, 0) is 0 Å². The van der Waals surface area contributed by atoms with E-state index in [0.29, 0.717) is 11.4 Å². The molecule has 0 aliphatic carbocycles. The molecule has 1 rings (SSSR count). The lowest BCUT2D eigenvalue weighted by molar-refractivity contribution is 0.620. The quantitative estimate of drug-likeness (QED) is 0.509. The maximum atomic E-state index is 9.92. The molecule has 84 valence electrons. The van der Waals surface area contributed by atoms with Crippen LogP contribution in [0.25, 0.3) is 0 Å². The molecule has 1 aromatic rings. The summed E-state index contributed by atoms with van der Waals surface area (Å²) < 4.78 is 9.76. The van der Waals surface area contributed by atoms with Gasteiger partial charge in [0.1, 0.15) is 0 Å². The maximum Gasteiger partial charge on any atom is 0.0414 e. The minimum absolute atomic E-state index is 0.159. The first-order valence-corrected chi connectivity index (χ1v) is 5.97. The molecule has 0 aromatic heterocycles. The number of hydrogen-bond acceptors (Lipinski definition) is 3. The lowest BCUT2D eigenvalue weighted by Crippen LogP contribution is -2.11. The third-order valence-electron chi connectivity index (χ3n) is 1.98. The van der Waals surface area contributed by atoms with Crippen LogP contribution in [-0.4, -0.2) is 14.7 Å². The fourth-order valence-electron chi connectivity index (χ4n) is 0.998. The van der Waals surface area contributed by atoms with Gasteiger partial charge in [0.2, 0.25) is 0 Å². The van der Waals surface area contributed by atoms with Crippen LogP contribution < -0.4 is 11.5 Å². The van der Waals surface area contributed by atoms with E-state index in [2.05, 4.69) is 0 Å². The molecule has 0 saturated carbocycles. The van der Waals surface area contributed by atoms with E-state index >= 15 is 0 Å². The molecule has 1 atom stereocenters. The van der Waals surface area contributed by atoms with Crippen molar-refractivity contribution in [3.63, 3.8) is 0 Å². The Labute approximate surface area is 93.2 Å². The highest BCUT2D eigenvalue weighted by molar-refractivity contribution is 8.11. The van der Waals surface area contributed by atoms with Crippen molar-refractivity contribution in [2.75, 3.05) is 11.5 Å². The van der Waals surface area contributed by atoms with Gasteiger partial charge in [-0.1, -0.05) is 16.8 Å². The van der Waals surface area contributed by atoms with Gasteiger partial charge < -0.3 is 16.0 Å². The van der Waals surface area contributed by atoms with E-state index in [1.165, 1.54) is 0 Å². The second-order valence-corrected chi connectivity index (χ2v) is 6.52. The van der Waals surface area contributed by atoms with E-state index in [1.807, 2.05) is 26.8 Å². The predicted octanol–water partition coefficient (Wildman–Crippen LogP) is 2.54. The maximum absolute atomic E-state index is 9.92. The molecular weight excluding hydrogens is 208 g/mol. The molecule has 0 aliphatic heterocycles. The highest BCUT2D eigenvalue weighted by Crippen LogP contribution is 2.29. The third-order valence-corrected chi connectivity index (χ3v) is 3.71. The molecule has 0 spiro atoms. The Morgan fingerprint density at radius 1 is 1.27 bits per heavy atom. The summed E-state index contributed by atoms with van der Waals surface area (Å²) in [6.07, 6.45) is 0. The van der Waals surface area contributed by atoms with Crippen molar-refractivity contribution in [1.29, 1.82) is 0 Å². The normalized spacial score (nSPS) is 14.1. The van der Waals surface area contributed by atoms with Crippen LogP contribution in [0.3, 0.4) is 0 Å². The molecule has 1 aromatic carbocycles. The predicted molar refractivity (Wildman–Crippen MR) is 70.4 cm³/mol. The zero-order valence-electron chi connectivity index (χ0n) is 9.32. The topological polar surface area (TPSA) is 72.3 Å². The van der Waals surface area contributed by atoms with Crippen LogP contribution in [0.15, 0.2) is 18.2 Å². The van der Waals surface area contributed by atoms with Gasteiger partial charge in [-0.15, -0.1) is 0 Å². The summed E-state index contributed by atoms with van der Waals surface area (Å²) in [6, 6.07) is 5.31. The van der Waals surface area contributed by atoms with Crippen molar-refractivity contribution in [2.45, 2.75) is 25.5 Å². The first kappa shape index (κ1) is 12.1. The number of rotatable bonds is 1. The first-order valence-electron chi connectivity index (χ1n) is 4.73. The highest BCUT2D eigenvalue weighted by Gasteiger charge is 2.13. The van der Waals surface area contributed by atoms with Gasteiger partial charge in [0.05, 0.1) is 0 Å². The van der Waals surface area contributed by atoms with E-state index in [4.69, 9.17) is 11.5 Å². The second-order valence-electron chi connectivity index (χ2n) is 4.43. The van der Waals surface area contributed by atoms with E-state index in [-0.39, 0.29) is 4.75 Å². The Kier molecular flexibility index (Phi) is 3.42. The van der Waals surface area contributed by atoms with Crippen molar-refractivity contribution in [3.8, 4) is 0 Å². The van der Waals surface area contributed by atoms with Crippen LogP contribution in [0.1, 0.15) is 26.3 Å². The Bertz CT molecular complexity index is 394. The summed E-state index contributed by atoms with van der Waals surface area (Å²) in [5, 5.41) is 1.79. The van der Waals surface area contributed by atoms with Crippen molar-refractivity contribution >= 4 is 27.5 Å². The van der Waals surface area contributed by atoms with Crippen LogP contribution in [0.4, 0.5) is 11.4 Å². The van der Waals surface area contributed by atoms with E-state index in [0.717, 1.165) is 5.56 Å². The SMILES string of the molecule is CC(C)(C)/S(O)=C/c1ccc(N)cc1N. The van der Waals surface area contributed by atoms with Gasteiger partial charge in [-0.3, -0.25) is 0 Å². The van der Waals surface area contributed by atoms with Crippen molar-refractivity contribution in [2.24, 2.45) is 0 Å². The summed E-state index contributed by atoms with van der Waals surface area (Å²) in [6.45, 7) is 5.96. The van der Waals surface area contributed by atoms with Gasteiger partial charge in [-0.2, -0.15) is 0 Å². The van der Waals surface area contributed by atoms with Gasteiger partial charge in [-0.25, -0.2) is 0 Å². The lowest BCUT2D eigenvalue weighted by atomic mass is 10.2. The van der Waals surface area contributed by atoms with Gasteiger partial charge in [0.15, 0.2) is 0 Å². The third kappa shape index (κ3) is 3.25. The first-order chi connectivity index (χ1) is 6.80. The standard InChI is InChI=1S/C11H18N2OS/c1-11(2,3)15(14)7-8-4-5-9(12)6-10(8)13/h4-7,14H,12-13H2,1-3H3. The smallest absolute Gasteiger partial charge is 0.0414 e. The minimum atomic E-state index is -0.801. The number of hydrogen-bond donors (Lipinski definition) is 3. The fraction of sp³-hybridized carbons (Fsp3) is 0.364. The summed E-state index contributed by atoms with van der Waals surface area (Å²) >= 11 is 0. The fourth-order valence-corrected chi connectivity index (χ4v) is 1.81. The summed E-state index contributed by atoms with van der Waals surface area (Å²) in [5.41, 5.74) is 13.5.